The number of hydrogen-bond donors (Lipinski definition) is 6. The zero-order chi connectivity index (χ0) is 74.6. The smallest absolute Gasteiger partial charge is 0.481 e. The Balaban J connectivity index is -0.000000135. The van der Waals surface area contributed by atoms with Crippen molar-refractivity contribution in [2.75, 3.05) is 35.5 Å². The summed E-state index contributed by atoms with van der Waals surface area (Å²) in [6.07, 6.45) is 35.5. The fourth-order valence-electron chi connectivity index (χ4n) is 17.7. The van der Waals surface area contributed by atoms with Crippen LogP contribution >= 0.6 is 0 Å². The van der Waals surface area contributed by atoms with Crippen LogP contribution in [0.3, 0.4) is 0 Å². The molecule has 21 heteroatoms. The third-order valence-corrected chi connectivity index (χ3v) is 24.2. The number of Topliss-reactive ketones (excluding diaryl/α,β-unsaturated/α-hetero) is 4. The van der Waals surface area contributed by atoms with Gasteiger partial charge in [0, 0.05) is 71.2 Å². The number of carbonyl (C=O) groups excluding carboxylic acids is 8. The molecule has 20 unspecified atom stereocenters. The van der Waals surface area contributed by atoms with Gasteiger partial charge < -0.3 is 55.6 Å². The number of aliphatic hydroxyl groups excluding tert-OH is 1. The van der Waals surface area contributed by atoms with E-state index in [1.165, 1.54) is 54.1 Å². The van der Waals surface area contributed by atoms with Gasteiger partial charge in [0.2, 0.25) is 0 Å². The standard InChI is InChI=1S/C16H24O4.C16H26O3.C14H23NO3.C9H16O2.2C8H14O2.C7H13NO2.CH4O.5CH4.6H2/c1-10(17)6-11-2-4-13(7-11)15(18)9-12-3-5-14(8-12)16(19)20;1-3-11-4-6-13(8-11)15(17)10-12-5-7-14(9-12)16(18)19-2;1-18-14(17)11-3-2-9(6-11)7-13(16)10-4-5-12(15)8-10;1-3-7-4-5-8(6-7)9(10)11-2;2*1-2-6-3-4-7(5-6)8(9)10;1-10-7(9)5-2-3-6(8)4-5;1-2;;;;;;;;;;;/h11-14H,2-9H2,1H3,(H,19,20);11-14H,3-10H2,1-2H3;9-12H,2-8,15H2,1H3;7-8H,3-6H2,1-2H3;2*6-7H,2-5H2,1H3,(H,9,10);5-6H,2-4,8H2,1H3;2H,1H3;5*1H4;6*1H/p+1/i;;;;;;;;;;;;;6*1+1. The maximum atomic E-state index is 12.3. The Morgan fingerprint density at radius 2 is 0.476 bits per heavy atom. The lowest BCUT2D eigenvalue weighted by Gasteiger charge is -2.13. The summed E-state index contributed by atoms with van der Waals surface area (Å²) < 4.78 is 18.8. The lowest BCUT2D eigenvalue weighted by atomic mass is 9.90. The molecule has 0 bridgehead atoms. The average Bonchev–Trinajstić information content (AvgIpc) is 1.72. The molecule has 0 heterocycles. The number of nitrogens with two attached hydrogens (primary N) is 2. The molecule has 10 saturated carbocycles. The predicted octanol–water partition coefficient (Wildman–Crippen LogP) is 18.3. The van der Waals surface area contributed by atoms with Gasteiger partial charge in [-0.25, -0.2) is 0 Å². The fraction of sp³-hybridized carbons (Fsp3) is 0.869. The highest BCUT2D eigenvalue weighted by Crippen LogP contribution is 2.42. The maximum absolute atomic E-state index is 12.3. The number of rotatable bonds is 22. The summed E-state index contributed by atoms with van der Waals surface area (Å²) in [5, 5.41) is 33.2. The number of carboxylic acids is 3. The molecule has 0 radical (unpaired) electrons. The molecule has 20 atom stereocenters. The molecule has 0 amide bonds. The minimum atomic E-state index is -0.720. The van der Waals surface area contributed by atoms with Gasteiger partial charge in [0.25, 0.3) is 0 Å². The van der Waals surface area contributed by atoms with Gasteiger partial charge in [-0.15, -0.1) is 0 Å². The van der Waals surface area contributed by atoms with Crippen molar-refractivity contribution < 1.29 is 102 Å². The van der Waals surface area contributed by atoms with E-state index in [0.29, 0.717) is 91.4 Å². The van der Waals surface area contributed by atoms with Crippen LogP contribution in [0.2, 0.25) is 0 Å². The molecule has 0 aromatic rings. The molecule has 0 aliphatic heterocycles. The fourth-order valence-corrected chi connectivity index (χ4v) is 17.7. The minimum absolute atomic E-state index is 0. The van der Waals surface area contributed by atoms with E-state index in [2.05, 4.69) is 37.2 Å². The zero-order valence-electron chi connectivity index (χ0n) is 64.0. The van der Waals surface area contributed by atoms with E-state index in [0.717, 1.165) is 199 Å². The largest absolute Gasteiger partial charge is 1.00 e. The third kappa shape index (κ3) is 37.7. The molecule has 21 nitrogen and oxygen atoms in total. The monoisotopic (exact) mass is 1510 g/mol. The summed E-state index contributed by atoms with van der Waals surface area (Å²) in [6, 6.07) is 0.425. The van der Waals surface area contributed by atoms with Crippen molar-refractivity contribution in [3.63, 3.8) is 0 Å². The maximum Gasteiger partial charge on any atom is 1.00 e. The summed E-state index contributed by atoms with van der Waals surface area (Å²) in [5.41, 5.74) is 11.4. The first kappa shape index (κ1) is 104. The molecular weight excluding hydrogens is 1340 g/mol. The Bertz CT molecular complexity index is 2530. The summed E-state index contributed by atoms with van der Waals surface area (Å²) >= 11 is 0. The van der Waals surface area contributed by atoms with Gasteiger partial charge in [-0.2, -0.15) is 0 Å². The van der Waals surface area contributed by atoms with Gasteiger partial charge in [-0.1, -0.05) is 90.5 Å². The van der Waals surface area contributed by atoms with Crippen molar-refractivity contribution >= 4 is 64.9 Å². The van der Waals surface area contributed by atoms with Crippen molar-refractivity contribution in [2.24, 2.45) is 118 Å². The summed E-state index contributed by atoms with van der Waals surface area (Å²) in [7, 11) is 6.78. The SMILES string of the molecule is C.C.C.C.C.CC(=O)CC1CCC(C(=O)CC2CCC(C(=O)O)C2)C1.CCC1CCC(C(=O)CC2CCC(C(=O)OC)C2)C1.CCC1CCC(C(=O)O)C1.CCC1CCC(C(=O)O)C1.CCC1CCC(C(=O)OC)C1.CO.COC(=O)C1CCC(CC(=O)C2CCC(N)C2)C1.COC(=O)C1CCC(N)C1.[2HH].[2HH].[2HH].[2HH].[2HH].[2HH].[H+]. The Labute approximate surface area is 646 Å². The Kier molecular flexibility index (Phi) is 55.6. The molecule has 8 N–H and O–H groups in total. The first-order chi connectivity index (χ1) is 47.7. The number of ketones is 4. The summed E-state index contributed by atoms with van der Waals surface area (Å²) in [5.74, 6) is 3.99. The molecule has 10 aliphatic rings. The average molecular weight is 1520 g/mol. The van der Waals surface area contributed by atoms with E-state index in [4.69, 9.17) is 41.4 Å². The highest BCUT2D eigenvalue weighted by molar-refractivity contribution is 5.83. The van der Waals surface area contributed by atoms with Crippen LogP contribution in [-0.4, -0.2) is 133 Å². The second-order valence-electron chi connectivity index (χ2n) is 31.2. The molecule has 0 aromatic heterocycles. The number of esters is 4. The molecule has 10 rings (SSSR count). The first-order valence-electron chi connectivity index (χ1n) is 38.7. The lowest BCUT2D eigenvalue weighted by Crippen LogP contribution is -2.19. The van der Waals surface area contributed by atoms with Crippen LogP contribution in [0.25, 0.3) is 0 Å². The Morgan fingerprint density at radius 1 is 0.295 bits per heavy atom. The van der Waals surface area contributed by atoms with Gasteiger partial charge in [0.1, 0.15) is 23.1 Å². The molecule has 10 aliphatic carbocycles. The zero-order valence-corrected chi connectivity index (χ0v) is 63.0. The molecule has 0 spiro atoms. The Hall–Kier alpha value is -5.15. The minimum Gasteiger partial charge on any atom is -0.481 e. The molecule has 0 saturated heterocycles. The van der Waals surface area contributed by atoms with Gasteiger partial charge in [0.15, 0.2) is 0 Å². The molecule has 0 aromatic carbocycles. The number of hydrogen-bond acceptors (Lipinski definition) is 18. The molecule has 10 fully saturated rings. The van der Waals surface area contributed by atoms with Crippen molar-refractivity contribution in [1.29, 1.82) is 0 Å². The summed E-state index contributed by atoms with van der Waals surface area (Å²) in [6.45, 7) is 10.3. The van der Waals surface area contributed by atoms with E-state index in [1.807, 2.05) is 0 Å². The lowest BCUT2D eigenvalue weighted by molar-refractivity contribution is -0.146. The van der Waals surface area contributed by atoms with Crippen LogP contribution in [0.1, 0.15) is 326 Å². The van der Waals surface area contributed by atoms with Crippen molar-refractivity contribution in [2.45, 2.75) is 328 Å². The molecular formula is C84H167N2O19+. The first-order valence-corrected chi connectivity index (χ1v) is 38.7. The van der Waals surface area contributed by atoms with Gasteiger partial charge in [-0.05, 0) is 247 Å². The van der Waals surface area contributed by atoms with Crippen molar-refractivity contribution in [3.8, 4) is 0 Å². The number of methoxy groups -OCH3 is 4. The number of ether oxygens (including phenoxy) is 4. The third-order valence-electron chi connectivity index (χ3n) is 24.2. The van der Waals surface area contributed by atoms with E-state index in [9.17, 15) is 52.7 Å². The van der Waals surface area contributed by atoms with Crippen LogP contribution in [-0.2, 0) is 71.7 Å². The Morgan fingerprint density at radius 3 is 0.705 bits per heavy atom. The number of aliphatic carboxylic acids is 3. The summed E-state index contributed by atoms with van der Waals surface area (Å²) in [4.78, 5) is 124. The number of aliphatic hydroxyl groups is 1. The van der Waals surface area contributed by atoms with Crippen LogP contribution in [0, 0.1) is 107 Å². The van der Waals surface area contributed by atoms with Crippen LogP contribution < -0.4 is 11.5 Å². The van der Waals surface area contributed by atoms with Gasteiger partial charge in [-0.3, -0.25) is 47.9 Å². The van der Waals surface area contributed by atoms with Crippen LogP contribution in [0.4, 0.5) is 0 Å². The highest BCUT2D eigenvalue weighted by Gasteiger charge is 2.39. The molecule has 105 heavy (non-hydrogen) atoms. The van der Waals surface area contributed by atoms with E-state index in [1.54, 1.807) is 6.92 Å². The van der Waals surface area contributed by atoms with Crippen LogP contribution in [0.5, 0.6) is 0 Å². The van der Waals surface area contributed by atoms with Crippen LogP contribution in [0.15, 0.2) is 0 Å². The van der Waals surface area contributed by atoms with Gasteiger partial charge >= 0.3 is 43.2 Å². The number of carboxylic acid groups (broad SMARTS) is 3. The van der Waals surface area contributed by atoms with Crippen molar-refractivity contribution in [3.05, 3.63) is 0 Å². The van der Waals surface area contributed by atoms with E-state index in [-0.39, 0.29) is 148 Å². The van der Waals surface area contributed by atoms with Crippen molar-refractivity contribution in [1.82, 2.24) is 0 Å². The topological polar surface area (TPSA) is 358 Å². The second kappa shape index (κ2) is 56.1. The predicted molar refractivity (Wildman–Crippen MR) is 429 cm³/mol. The highest BCUT2D eigenvalue weighted by atomic mass is 16.5. The van der Waals surface area contributed by atoms with Gasteiger partial charge in [0.05, 0.1) is 69.9 Å². The normalized spacial score (nSPS) is 31.2. The van der Waals surface area contributed by atoms with E-state index >= 15 is 0 Å². The number of carbonyl (C=O) groups is 11. The molecule has 626 valence electrons. The quantitative estimate of drug-likeness (QED) is 0.0433. The second-order valence-corrected chi connectivity index (χ2v) is 31.2. The van der Waals surface area contributed by atoms with E-state index < -0.39 is 17.9 Å².